The molecule has 1 aliphatic carbocycles. The molecule has 0 unspecified atom stereocenters. The highest BCUT2D eigenvalue weighted by Crippen LogP contribution is 2.42. The van der Waals surface area contributed by atoms with Crippen LogP contribution in [-0.2, 0) is 32.1 Å². The van der Waals surface area contributed by atoms with E-state index in [1.807, 2.05) is 0 Å². The van der Waals surface area contributed by atoms with Gasteiger partial charge in [0.2, 0.25) is 5.36 Å². The molecule has 2 heteroatoms. The van der Waals surface area contributed by atoms with Crippen molar-refractivity contribution >= 4 is 11.3 Å². The third kappa shape index (κ3) is 2.40. The number of anilines is 1. The molecule has 0 saturated carbocycles. The van der Waals surface area contributed by atoms with E-state index in [4.69, 9.17) is 0 Å². The van der Waals surface area contributed by atoms with Gasteiger partial charge in [-0.2, -0.15) is 0 Å². The number of benzene rings is 2. The summed E-state index contributed by atoms with van der Waals surface area (Å²) >= 11 is 0. The molecular formula is C28H34N2. The molecule has 5 aliphatic rings. The Morgan fingerprint density at radius 3 is 2.37 bits per heavy atom. The van der Waals surface area contributed by atoms with E-state index in [0.717, 1.165) is 0 Å². The summed E-state index contributed by atoms with van der Waals surface area (Å²) < 4.78 is 2.71. The molecule has 4 aliphatic heterocycles. The summed E-state index contributed by atoms with van der Waals surface area (Å²) in [6.07, 6.45) is 11.6. The summed E-state index contributed by atoms with van der Waals surface area (Å²) in [6, 6.07) is 5.20. The molecule has 0 fully saturated rings. The minimum Gasteiger partial charge on any atom is -0.371 e. The van der Waals surface area contributed by atoms with Crippen molar-refractivity contribution in [1.29, 1.82) is 0 Å². The molecule has 0 atom stereocenters. The lowest BCUT2D eigenvalue weighted by Crippen LogP contribution is -2.46. The topological polar surface area (TPSA) is 6.25 Å². The fraction of sp³-hybridized carbons (Fsp3) is 0.500. The number of fused-ring (bicyclic) bond motifs is 4. The van der Waals surface area contributed by atoms with Gasteiger partial charge < -0.3 is 12.3 Å². The average Bonchev–Trinajstić information content (AvgIpc) is 2.76. The van der Waals surface area contributed by atoms with Crippen molar-refractivity contribution < 1.29 is 0 Å². The molecule has 0 saturated heterocycles. The first-order chi connectivity index (χ1) is 14.3. The Morgan fingerprint density at radius 1 is 0.767 bits per heavy atom. The van der Waals surface area contributed by atoms with Crippen LogP contribution in [0.3, 0.4) is 0 Å². The molecule has 0 spiro atoms. The van der Waals surface area contributed by atoms with Crippen LogP contribution in [0.25, 0.3) is 5.57 Å². The maximum Gasteiger partial charge on any atom is 0.206 e. The first-order valence-corrected chi connectivity index (χ1v) is 12.0. The Morgan fingerprint density at radius 2 is 1.50 bits per heavy atom. The van der Waals surface area contributed by atoms with Crippen LogP contribution in [0.5, 0.6) is 0 Å². The van der Waals surface area contributed by atoms with Crippen LogP contribution in [-0.4, -0.2) is 26.2 Å². The lowest BCUT2D eigenvalue weighted by molar-refractivity contribution is 0.478. The Hall–Kier alpha value is -2.09. The summed E-state index contributed by atoms with van der Waals surface area (Å²) in [5, 5.41) is 3.23. The normalized spacial score (nSPS) is 20.6. The quantitative estimate of drug-likeness (QED) is 0.487. The number of nitrogens with zero attached hydrogens (tertiary/aromatic N) is 2. The van der Waals surface area contributed by atoms with Crippen LogP contribution < -0.4 is 20.1 Å². The second-order valence-corrected chi connectivity index (χ2v) is 9.97. The Bertz CT molecular complexity index is 1190. The lowest BCUT2D eigenvalue weighted by Gasteiger charge is -2.39. The van der Waals surface area contributed by atoms with Gasteiger partial charge in [-0.1, -0.05) is 0 Å². The lowest BCUT2D eigenvalue weighted by atomic mass is 9.76. The van der Waals surface area contributed by atoms with Gasteiger partial charge in [0, 0.05) is 42.7 Å². The minimum absolute atomic E-state index is 0. The molecule has 30 heavy (non-hydrogen) atoms. The molecule has 0 N–H and O–H groups in total. The summed E-state index contributed by atoms with van der Waals surface area (Å²) in [5.74, 6) is 0. The highest BCUT2D eigenvalue weighted by molar-refractivity contribution is 5.79. The van der Waals surface area contributed by atoms with Crippen molar-refractivity contribution in [3.8, 4) is 0 Å². The number of hydrogen-bond donors (Lipinski definition) is 0. The summed E-state index contributed by atoms with van der Waals surface area (Å²) in [7, 11) is 0. The maximum absolute atomic E-state index is 2.71. The molecule has 0 amide bonds. The SMILES string of the molecule is CC1=c2cc3c4c(c2Cc2c1cc1c5c2CCCN5CCC1)CCC[N+]=4CCC3.[CH3-]. The fourth-order valence-electron chi connectivity index (χ4n) is 7.25. The molecular weight excluding hydrogens is 364 g/mol. The molecule has 4 heterocycles. The summed E-state index contributed by atoms with van der Waals surface area (Å²) in [5.41, 5.74) is 14.9. The Kier molecular flexibility index (Phi) is 4.17. The highest BCUT2D eigenvalue weighted by atomic mass is 15.1. The Labute approximate surface area is 180 Å². The monoisotopic (exact) mass is 398 g/mol. The summed E-state index contributed by atoms with van der Waals surface area (Å²) in [4.78, 5) is 2.71. The number of hydrogen-bond acceptors (Lipinski definition) is 1. The minimum atomic E-state index is 0. The molecule has 0 radical (unpaired) electrons. The van der Waals surface area contributed by atoms with Crippen molar-refractivity contribution in [3.05, 3.63) is 69.1 Å². The zero-order valence-corrected chi connectivity index (χ0v) is 18.7. The maximum atomic E-state index is 2.71. The molecule has 156 valence electrons. The van der Waals surface area contributed by atoms with Gasteiger partial charge in [-0.3, -0.25) is 0 Å². The van der Waals surface area contributed by atoms with Gasteiger partial charge in [-0.15, -0.1) is 0 Å². The standard InChI is InChI=1S/C27H31N2.CH3/c1-17-22-14-18-6-2-10-28-12-4-8-20(26(18)28)24(22)16-25-21-9-5-13-29-11-3-7-19(27(21)29)15-23(17)25;/h14-15H,2-13,16H2,1H3;1H3/q+1;-1. The smallest absolute Gasteiger partial charge is 0.206 e. The molecule has 2 nitrogen and oxygen atoms in total. The number of rotatable bonds is 0. The second-order valence-electron chi connectivity index (χ2n) is 9.97. The predicted molar refractivity (Wildman–Crippen MR) is 126 cm³/mol. The van der Waals surface area contributed by atoms with Gasteiger partial charge >= 0.3 is 0 Å². The van der Waals surface area contributed by atoms with Crippen LogP contribution in [0, 0.1) is 7.43 Å². The van der Waals surface area contributed by atoms with Crippen LogP contribution in [0.4, 0.5) is 5.69 Å². The van der Waals surface area contributed by atoms with Crippen LogP contribution in [0.15, 0.2) is 12.1 Å². The van der Waals surface area contributed by atoms with Crippen LogP contribution in [0.2, 0.25) is 0 Å². The third-order valence-electron chi connectivity index (χ3n) is 8.45. The van der Waals surface area contributed by atoms with E-state index in [0.29, 0.717) is 0 Å². The van der Waals surface area contributed by atoms with Gasteiger partial charge in [0.25, 0.3) is 0 Å². The highest BCUT2D eigenvalue weighted by Gasteiger charge is 2.32. The van der Waals surface area contributed by atoms with Gasteiger partial charge in [-0.25, -0.2) is 4.58 Å². The van der Waals surface area contributed by atoms with Gasteiger partial charge in [0.05, 0.1) is 0 Å². The third-order valence-corrected chi connectivity index (χ3v) is 8.45. The van der Waals surface area contributed by atoms with Gasteiger partial charge in [-0.05, 0) is 103 Å². The zero-order valence-electron chi connectivity index (χ0n) is 18.7. The fourth-order valence-corrected chi connectivity index (χ4v) is 7.25. The van der Waals surface area contributed by atoms with E-state index >= 15 is 0 Å². The van der Waals surface area contributed by atoms with Crippen molar-refractivity contribution in [1.82, 2.24) is 4.58 Å². The predicted octanol–water partition coefficient (Wildman–Crippen LogP) is 3.34. The first kappa shape index (κ1) is 18.7. The van der Waals surface area contributed by atoms with Gasteiger partial charge in [0.15, 0.2) is 0 Å². The number of aryl methyl sites for hydroxylation is 2. The summed E-state index contributed by atoms with van der Waals surface area (Å²) in [6.45, 7) is 7.50. The van der Waals surface area contributed by atoms with Gasteiger partial charge in [0.1, 0.15) is 13.1 Å². The zero-order chi connectivity index (χ0) is 19.1. The van der Waals surface area contributed by atoms with E-state index in [9.17, 15) is 0 Å². The molecule has 2 aromatic carbocycles. The van der Waals surface area contributed by atoms with E-state index < -0.39 is 0 Å². The average molecular weight is 399 g/mol. The van der Waals surface area contributed by atoms with Crippen LogP contribution in [0.1, 0.15) is 71.6 Å². The van der Waals surface area contributed by atoms with Crippen molar-refractivity contribution in [3.63, 3.8) is 0 Å². The first-order valence-electron chi connectivity index (χ1n) is 12.0. The molecule has 0 aromatic heterocycles. The van der Waals surface area contributed by atoms with Crippen LogP contribution >= 0.6 is 0 Å². The largest absolute Gasteiger partial charge is 0.371 e. The van der Waals surface area contributed by atoms with E-state index in [1.54, 1.807) is 60.8 Å². The van der Waals surface area contributed by atoms with E-state index in [-0.39, 0.29) is 7.43 Å². The van der Waals surface area contributed by atoms with Crippen molar-refractivity contribution in [2.75, 3.05) is 31.1 Å². The molecule has 2 aromatic rings. The van der Waals surface area contributed by atoms with E-state index in [1.165, 1.54) is 84.0 Å². The van der Waals surface area contributed by atoms with E-state index in [2.05, 4.69) is 28.5 Å². The Balaban J connectivity index is 0.00000175. The van der Waals surface area contributed by atoms with Crippen molar-refractivity contribution in [2.45, 2.75) is 64.7 Å². The molecule has 7 rings (SSSR count). The van der Waals surface area contributed by atoms with Crippen molar-refractivity contribution in [2.24, 2.45) is 0 Å². The molecule has 0 bridgehead atoms. The second kappa shape index (κ2) is 6.70.